The molecule has 1 unspecified atom stereocenters. The van der Waals surface area contributed by atoms with Crippen LogP contribution in [0.1, 0.15) is 42.1 Å². The van der Waals surface area contributed by atoms with Gasteiger partial charge >= 0.3 is 0 Å². The minimum atomic E-state index is 0.0804. The van der Waals surface area contributed by atoms with Gasteiger partial charge < -0.3 is 4.74 Å². The lowest BCUT2D eigenvalue weighted by atomic mass is 9.84. The third kappa shape index (κ3) is 3.00. The number of rotatable bonds is 3. The molecule has 0 aliphatic carbocycles. The molecule has 2 aliphatic heterocycles. The molecule has 1 spiro atoms. The lowest BCUT2D eigenvalue weighted by Gasteiger charge is -2.38. The molecule has 2 aliphatic rings. The van der Waals surface area contributed by atoms with Crippen LogP contribution in [0.25, 0.3) is 0 Å². The van der Waals surface area contributed by atoms with Gasteiger partial charge in [-0.3, -0.25) is 14.3 Å². The van der Waals surface area contributed by atoms with Gasteiger partial charge in [-0.15, -0.1) is 0 Å². The number of aromatic nitrogens is 4. The minimum absolute atomic E-state index is 0.0804. The fraction of sp³-hybridized carbons (Fsp3) is 0.667. The van der Waals surface area contributed by atoms with Crippen molar-refractivity contribution in [3.8, 4) is 0 Å². The van der Waals surface area contributed by atoms with Crippen LogP contribution in [0, 0.1) is 6.92 Å². The second-order valence-electron chi connectivity index (χ2n) is 7.52. The summed E-state index contributed by atoms with van der Waals surface area (Å²) in [6, 6.07) is 2.19. The lowest BCUT2D eigenvalue weighted by Crippen LogP contribution is -2.43. The molecule has 2 saturated heterocycles. The average molecular weight is 329 g/mol. The summed E-state index contributed by atoms with van der Waals surface area (Å²) in [5.74, 6) is 0.503. The molecule has 0 N–H and O–H groups in total. The van der Waals surface area contributed by atoms with Gasteiger partial charge in [-0.1, -0.05) is 0 Å². The quantitative estimate of drug-likeness (QED) is 0.864. The summed E-state index contributed by atoms with van der Waals surface area (Å²) in [7, 11) is 3.99. The molecule has 0 aromatic carbocycles. The fourth-order valence-electron chi connectivity index (χ4n) is 4.12. The predicted octanol–water partition coefficient (Wildman–Crippen LogP) is 2.00. The highest BCUT2D eigenvalue weighted by atomic mass is 16.5. The van der Waals surface area contributed by atoms with E-state index < -0.39 is 0 Å². The SMILES string of the molecule is Cc1cc(CN2CCC3(CC2)CC(c2cnn(C)c2)CO3)nn1C. The maximum absolute atomic E-state index is 6.30. The number of aryl methyl sites for hydroxylation is 3. The number of hydrogen-bond acceptors (Lipinski definition) is 4. The Morgan fingerprint density at radius 3 is 2.71 bits per heavy atom. The standard InChI is InChI=1S/C18H27N5O/c1-14-8-17(20-22(14)3)12-23-6-4-18(5-7-23)9-15(13-24-18)16-10-19-21(2)11-16/h8,10-11,15H,4-7,9,12-13H2,1-3H3. The molecule has 24 heavy (non-hydrogen) atoms. The van der Waals surface area contributed by atoms with E-state index in [1.807, 2.05) is 29.7 Å². The summed E-state index contributed by atoms with van der Waals surface area (Å²) in [6.07, 6.45) is 7.50. The number of nitrogens with zero attached hydrogens (tertiary/aromatic N) is 5. The van der Waals surface area contributed by atoms with Crippen LogP contribution in [0.4, 0.5) is 0 Å². The molecule has 0 radical (unpaired) electrons. The maximum atomic E-state index is 6.30. The summed E-state index contributed by atoms with van der Waals surface area (Å²) in [5, 5.41) is 8.89. The van der Waals surface area contributed by atoms with Crippen LogP contribution in [0.2, 0.25) is 0 Å². The van der Waals surface area contributed by atoms with E-state index in [1.165, 1.54) is 17.0 Å². The van der Waals surface area contributed by atoms with Crippen molar-refractivity contribution in [3.63, 3.8) is 0 Å². The lowest BCUT2D eigenvalue weighted by molar-refractivity contribution is -0.0450. The summed E-state index contributed by atoms with van der Waals surface area (Å²) >= 11 is 0. The van der Waals surface area contributed by atoms with Crippen molar-refractivity contribution in [2.24, 2.45) is 14.1 Å². The minimum Gasteiger partial charge on any atom is -0.374 e. The van der Waals surface area contributed by atoms with E-state index in [1.54, 1.807) is 0 Å². The molecule has 2 aromatic heterocycles. The molecule has 4 rings (SSSR count). The first-order valence-electron chi connectivity index (χ1n) is 8.87. The highest BCUT2D eigenvalue weighted by Gasteiger charge is 2.43. The van der Waals surface area contributed by atoms with Gasteiger partial charge in [0.15, 0.2) is 0 Å². The van der Waals surface area contributed by atoms with E-state index in [4.69, 9.17) is 4.74 Å². The highest BCUT2D eigenvalue weighted by Crippen LogP contribution is 2.42. The second-order valence-corrected chi connectivity index (χ2v) is 7.52. The molecule has 130 valence electrons. The van der Waals surface area contributed by atoms with E-state index in [2.05, 4.69) is 34.3 Å². The molecule has 0 amide bonds. The van der Waals surface area contributed by atoms with Crippen molar-refractivity contribution >= 4 is 0 Å². The first-order valence-corrected chi connectivity index (χ1v) is 8.87. The zero-order valence-electron chi connectivity index (χ0n) is 14.9. The van der Waals surface area contributed by atoms with Gasteiger partial charge in [0.2, 0.25) is 0 Å². The first kappa shape index (κ1) is 15.8. The van der Waals surface area contributed by atoms with E-state index in [0.717, 1.165) is 45.5 Å². The monoisotopic (exact) mass is 329 g/mol. The first-order chi connectivity index (χ1) is 11.5. The third-order valence-corrected chi connectivity index (χ3v) is 5.72. The number of piperidine rings is 1. The number of likely N-dealkylation sites (tertiary alicyclic amines) is 1. The summed E-state index contributed by atoms with van der Waals surface area (Å²) in [4.78, 5) is 2.51. The van der Waals surface area contributed by atoms with Crippen LogP contribution >= 0.6 is 0 Å². The largest absolute Gasteiger partial charge is 0.374 e. The van der Waals surface area contributed by atoms with E-state index in [9.17, 15) is 0 Å². The van der Waals surface area contributed by atoms with Crippen molar-refractivity contribution in [1.29, 1.82) is 0 Å². The van der Waals surface area contributed by atoms with Crippen molar-refractivity contribution in [1.82, 2.24) is 24.5 Å². The zero-order chi connectivity index (χ0) is 16.7. The third-order valence-electron chi connectivity index (χ3n) is 5.72. The molecule has 2 aromatic rings. The average Bonchev–Trinajstić information content (AvgIpc) is 3.23. The maximum Gasteiger partial charge on any atom is 0.0767 e. The Morgan fingerprint density at radius 1 is 1.29 bits per heavy atom. The second kappa shape index (κ2) is 6.01. The molecule has 2 fully saturated rings. The number of hydrogen-bond donors (Lipinski definition) is 0. The van der Waals surface area contributed by atoms with Crippen molar-refractivity contribution in [2.75, 3.05) is 19.7 Å². The van der Waals surface area contributed by atoms with Gasteiger partial charge in [0.1, 0.15) is 0 Å². The molecule has 0 bridgehead atoms. The van der Waals surface area contributed by atoms with Crippen LogP contribution in [0.3, 0.4) is 0 Å². The van der Waals surface area contributed by atoms with Crippen LogP contribution < -0.4 is 0 Å². The van der Waals surface area contributed by atoms with Crippen molar-refractivity contribution < 1.29 is 4.74 Å². The molecule has 1 atom stereocenters. The van der Waals surface area contributed by atoms with E-state index >= 15 is 0 Å². The van der Waals surface area contributed by atoms with Gasteiger partial charge in [-0.25, -0.2) is 0 Å². The topological polar surface area (TPSA) is 48.1 Å². The molecule has 6 heteroatoms. The molecule has 6 nitrogen and oxygen atoms in total. The van der Waals surface area contributed by atoms with Crippen LogP contribution in [-0.2, 0) is 25.4 Å². The smallest absolute Gasteiger partial charge is 0.0767 e. The normalized spacial score (nSPS) is 24.0. The van der Waals surface area contributed by atoms with Gasteiger partial charge in [-0.2, -0.15) is 10.2 Å². The zero-order valence-corrected chi connectivity index (χ0v) is 14.9. The van der Waals surface area contributed by atoms with Crippen LogP contribution in [-0.4, -0.2) is 49.8 Å². The Morgan fingerprint density at radius 2 is 2.08 bits per heavy atom. The molecular formula is C18H27N5O. The van der Waals surface area contributed by atoms with Crippen molar-refractivity contribution in [2.45, 2.75) is 44.2 Å². The Labute approximate surface area is 143 Å². The Bertz CT molecular complexity index is 691. The highest BCUT2D eigenvalue weighted by molar-refractivity contribution is 5.16. The number of ether oxygens (including phenoxy) is 1. The van der Waals surface area contributed by atoms with Crippen LogP contribution in [0.5, 0.6) is 0 Å². The Balaban J connectivity index is 1.34. The van der Waals surface area contributed by atoms with Crippen molar-refractivity contribution in [3.05, 3.63) is 35.4 Å². The molecular weight excluding hydrogens is 302 g/mol. The summed E-state index contributed by atoms with van der Waals surface area (Å²) in [6.45, 7) is 6.08. The predicted molar refractivity (Wildman–Crippen MR) is 91.7 cm³/mol. The molecule has 0 saturated carbocycles. The van der Waals surface area contributed by atoms with Crippen LogP contribution in [0.15, 0.2) is 18.5 Å². The van der Waals surface area contributed by atoms with Gasteiger partial charge in [0.05, 0.1) is 24.1 Å². The van der Waals surface area contributed by atoms with E-state index in [0.29, 0.717) is 5.92 Å². The summed E-state index contributed by atoms with van der Waals surface area (Å²) in [5.41, 5.74) is 3.79. The van der Waals surface area contributed by atoms with Gasteiger partial charge in [0.25, 0.3) is 0 Å². The Hall–Kier alpha value is -1.66. The van der Waals surface area contributed by atoms with Gasteiger partial charge in [-0.05, 0) is 37.8 Å². The molecule has 4 heterocycles. The Kier molecular flexibility index (Phi) is 3.96. The summed E-state index contributed by atoms with van der Waals surface area (Å²) < 4.78 is 10.1. The van der Waals surface area contributed by atoms with E-state index in [-0.39, 0.29) is 5.60 Å². The fourth-order valence-corrected chi connectivity index (χ4v) is 4.12. The van der Waals surface area contributed by atoms with Gasteiger partial charge in [0, 0.05) is 51.5 Å².